The predicted octanol–water partition coefficient (Wildman–Crippen LogP) is 15.3. The van der Waals surface area contributed by atoms with Crippen LogP contribution in [0.1, 0.15) is 253 Å². The van der Waals surface area contributed by atoms with Gasteiger partial charge in [-0.15, -0.1) is 0 Å². The average Bonchev–Trinajstić information content (AvgIpc) is 3.00. The molecule has 0 spiro atoms. The van der Waals surface area contributed by atoms with Gasteiger partial charge in [0.2, 0.25) is 0 Å². The second kappa shape index (κ2) is 31.9. The number of hydrogen-bond donors (Lipinski definition) is 1. The molecule has 0 aliphatic carbocycles. The Labute approximate surface area is 275 Å². The van der Waals surface area contributed by atoms with Gasteiger partial charge < -0.3 is 5.73 Å². The maximum absolute atomic E-state index is 6.42. The lowest BCUT2D eigenvalue weighted by Gasteiger charge is -2.44. The second-order valence-electron chi connectivity index (χ2n) is 15.8. The minimum atomic E-state index is 0.290. The van der Waals surface area contributed by atoms with Gasteiger partial charge in [0, 0.05) is 0 Å². The van der Waals surface area contributed by atoms with Crippen molar-refractivity contribution in [2.45, 2.75) is 253 Å². The highest BCUT2D eigenvalue weighted by atomic mass is 14.6. The highest BCUT2D eigenvalue weighted by Crippen LogP contribution is 2.45. The minimum Gasteiger partial charge on any atom is -0.330 e. The normalized spacial score (nSPS) is 13.5. The molecule has 0 radical (unpaired) electrons. The van der Waals surface area contributed by atoms with Crippen LogP contribution in [0, 0.1) is 10.8 Å². The van der Waals surface area contributed by atoms with E-state index in [1.54, 1.807) is 0 Å². The van der Waals surface area contributed by atoms with Crippen molar-refractivity contribution in [3.63, 3.8) is 0 Å². The third-order valence-electron chi connectivity index (χ3n) is 11.3. The first-order valence-electron chi connectivity index (χ1n) is 20.6. The number of rotatable bonds is 36. The van der Waals surface area contributed by atoms with E-state index in [-0.39, 0.29) is 0 Å². The number of hydrogen-bond acceptors (Lipinski definition) is 1. The second-order valence-corrected chi connectivity index (χ2v) is 15.8. The summed E-state index contributed by atoms with van der Waals surface area (Å²) >= 11 is 0. The largest absolute Gasteiger partial charge is 0.330 e. The van der Waals surface area contributed by atoms with E-state index in [4.69, 9.17) is 5.73 Å². The first kappa shape index (κ1) is 43.0. The zero-order valence-corrected chi connectivity index (χ0v) is 31.3. The van der Waals surface area contributed by atoms with Crippen LogP contribution in [-0.4, -0.2) is 6.54 Å². The molecule has 2 N–H and O–H groups in total. The molecule has 0 aliphatic rings. The lowest BCUT2D eigenvalue weighted by atomic mass is 9.62. The smallest absolute Gasteiger partial charge is 0.00181 e. The summed E-state index contributed by atoms with van der Waals surface area (Å²) in [6.45, 7) is 13.0. The Balaban J connectivity index is 3.65. The Morgan fingerprint density at radius 1 is 0.302 bits per heavy atom. The molecule has 0 bridgehead atoms. The Morgan fingerprint density at radius 3 is 0.744 bits per heavy atom. The highest BCUT2D eigenvalue weighted by Gasteiger charge is 2.38. The van der Waals surface area contributed by atoms with Crippen LogP contribution in [0.15, 0.2) is 0 Å². The summed E-state index contributed by atoms with van der Waals surface area (Å²) in [6, 6.07) is 0. The lowest BCUT2D eigenvalue weighted by molar-refractivity contribution is 0.0703. The first-order valence-corrected chi connectivity index (χ1v) is 20.6. The number of unbranched alkanes of at least 4 members (excludes halogenated alkanes) is 30. The quantitative estimate of drug-likeness (QED) is 0.0706. The fourth-order valence-electron chi connectivity index (χ4n) is 7.20. The highest BCUT2D eigenvalue weighted by molar-refractivity contribution is 4.90. The van der Waals surface area contributed by atoms with Crippen LogP contribution >= 0.6 is 0 Å². The molecule has 0 aromatic heterocycles. The summed E-state index contributed by atoms with van der Waals surface area (Å²) in [6.07, 6.45) is 49.0. The van der Waals surface area contributed by atoms with Crippen molar-refractivity contribution >= 4 is 0 Å². The van der Waals surface area contributed by atoms with Crippen molar-refractivity contribution in [3.8, 4) is 0 Å². The van der Waals surface area contributed by atoms with E-state index in [1.165, 1.54) is 218 Å². The van der Waals surface area contributed by atoms with Gasteiger partial charge in [-0.25, -0.2) is 0 Å². The fraction of sp³-hybridized carbons (Fsp3) is 1.00. The summed E-state index contributed by atoms with van der Waals surface area (Å²) in [4.78, 5) is 0. The van der Waals surface area contributed by atoms with E-state index >= 15 is 0 Å². The third-order valence-corrected chi connectivity index (χ3v) is 11.3. The van der Waals surface area contributed by atoms with Crippen LogP contribution in [0.3, 0.4) is 0 Å². The Hall–Kier alpha value is -0.0400. The zero-order chi connectivity index (χ0) is 31.7. The Morgan fingerprint density at radius 2 is 0.512 bits per heavy atom. The molecule has 1 nitrogen and oxygen atoms in total. The molecule has 0 fully saturated rings. The van der Waals surface area contributed by atoms with E-state index in [0.717, 1.165) is 6.54 Å². The maximum atomic E-state index is 6.42. The Kier molecular flexibility index (Phi) is 31.9. The molecular formula is C42H87N. The zero-order valence-electron chi connectivity index (χ0n) is 31.3. The van der Waals surface area contributed by atoms with Gasteiger partial charge in [-0.2, -0.15) is 0 Å². The summed E-state index contributed by atoms with van der Waals surface area (Å²) < 4.78 is 0. The molecule has 0 amide bonds. The maximum Gasteiger partial charge on any atom is -0.00181 e. The first-order chi connectivity index (χ1) is 20.9. The number of nitrogens with two attached hydrogens (primary N) is 1. The summed E-state index contributed by atoms with van der Waals surface area (Å²) in [5, 5.41) is 0. The molecule has 0 rings (SSSR count). The third kappa shape index (κ3) is 26.8. The van der Waals surface area contributed by atoms with E-state index in [1.807, 2.05) is 0 Å². The lowest BCUT2D eigenvalue weighted by Crippen LogP contribution is -2.41. The molecule has 1 unspecified atom stereocenters. The van der Waals surface area contributed by atoms with Crippen LogP contribution in [0.4, 0.5) is 0 Å². The minimum absolute atomic E-state index is 0.290. The van der Waals surface area contributed by atoms with Crippen LogP contribution in [-0.2, 0) is 0 Å². The van der Waals surface area contributed by atoms with E-state index in [0.29, 0.717) is 10.8 Å². The molecule has 0 saturated heterocycles. The summed E-state index contributed by atoms with van der Waals surface area (Å²) in [5.41, 5.74) is 7.07. The van der Waals surface area contributed by atoms with Gasteiger partial charge in [-0.1, -0.05) is 240 Å². The van der Waals surface area contributed by atoms with E-state index in [2.05, 4.69) is 34.6 Å². The van der Waals surface area contributed by atoms with Crippen molar-refractivity contribution in [2.75, 3.05) is 6.54 Å². The van der Waals surface area contributed by atoms with Crippen LogP contribution in [0.25, 0.3) is 0 Å². The fourth-order valence-corrected chi connectivity index (χ4v) is 7.20. The molecule has 0 heterocycles. The molecule has 1 heteroatoms. The predicted molar refractivity (Wildman–Crippen MR) is 199 cm³/mol. The van der Waals surface area contributed by atoms with E-state index in [9.17, 15) is 0 Å². The summed E-state index contributed by atoms with van der Waals surface area (Å²) in [5.74, 6) is 0. The van der Waals surface area contributed by atoms with Gasteiger partial charge in [0.05, 0.1) is 0 Å². The molecule has 0 aromatic rings. The van der Waals surface area contributed by atoms with Crippen molar-refractivity contribution in [3.05, 3.63) is 0 Å². The van der Waals surface area contributed by atoms with Gasteiger partial charge in [0.15, 0.2) is 0 Å². The standard InChI is InChI=1S/C42H87N/c1-6-8-10-12-14-16-18-20-22-24-26-28-30-32-34-36-38-41(3,4)42(5,40-43)39-37-35-33-31-29-27-25-23-21-19-17-15-13-11-9-7-2/h6-40,43H2,1-5H3. The molecule has 1 atom stereocenters. The SMILES string of the molecule is CCCCCCCCCCCCCCCCCCC(C)(C)C(C)(CN)CCCCCCCCCCCCCCCCCC. The summed E-state index contributed by atoms with van der Waals surface area (Å²) in [7, 11) is 0. The van der Waals surface area contributed by atoms with Gasteiger partial charge in [-0.3, -0.25) is 0 Å². The van der Waals surface area contributed by atoms with Gasteiger partial charge in [0.25, 0.3) is 0 Å². The molecule has 260 valence electrons. The molecule has 0 saturated carbocycles. The topological polar surface area (TPSA) is 26.0 Å². The van der Waals surface area contributed by atoms with Crippen molar-refractivity contribution < 1.29 is 0 Å². The van der Waals surface area contributed by atoms with Crippen LogP contribution in [0.2, 0.25) is 0 Å². The van der Waals surface area contributed by atoms with Crippen LogP contribution < -0.4 is 5.73 Å². The van der Waals surface area contributed by atoms with Crippen molar-refractivity contribution in [2.24, 2.45) is 16.6 Å². The van der Waals surface area contributed by atoms with Gasteiger partial charge >= 0.3 is 0 Å². The molecule has 43 heavy (non-hydrogen) atoms. The van der Waals surface area contributed by atoms with Gasteiger partial charge in [-0.05, 0) is 30.2 Å². The van der Waals surface area contributed by atoms with Gasteiger partial charge in [0.1, 0.15) is 0 Å². The van der Waals surface area contributed by atoms with Crippen molar-refractivity contribution in [1.29, 1.82) is 0 Å². The van der Waals surface area contributed by atoms with Crippen LogP contribution in [0.5, 0.6) is 0 Å². The Bertz CT molecular complexity index is 525. The van der Waals surface area contributed by atoms with E-state index < -0.39 is 0 Å². The average molecular weight is 606 g/mol. The molecular weight excluding hydrogens is 518 g/mol. The molecule has 0 aromatic carbocycles. The van der Waals surface area contributed by atoms with Crippen molar-refractivity contribution in [1.82, 2.24) is 0 Å². The molecule has 0 aliphatic heterocycles. The monoisotopic (exact) mass is 606 g/mol.